The molecule has 0 spiro atoms. The zero-order valence-corrected chi connectivity index (χ0v) is 10.1. The van der Waals surface area contributed by atoms with Crippen molar-refractivity contribution in [2.75, 3.05) is 6.54 Å². The lowest BCUT2D eigenvalue weighted by atomic mass is 9.82. The van der Waals surface area contributed by atoms with Gasteiger partial charge < -0.3 is 5.01 Å². The van der Waals surface area contributed by atoms with E-state index in [2.05, 4.69) is 27.7 Å². The van der Waals surface area contributed by atoms with Crippen LogP contribution in [0, 0.1) is 5.41 Å². The zero-order valence-electron chi connectivity index (χ0n) is 10.1. The molecular formula is C12H24N2. The Morgan fingerprint density at radius 2 is 2.07 bits per heavy atom. The molecule has 0 aromatic heterocycles. The van der Waals surface area contributed by atoms with Gasteiger partial charge in [0.05, 0.1) is 0 Å². The molecule has 1 fully saturated rings. The van der Waals surface area contributed by atoms with Crippen LogP contribution in [-0.2, 0) is 0 Å². The first-order valence-electron chi connectivity index (χ1n) is 5.71. The van der Waals surface area contributed by atoms with Gasteiger partial charge in [-0.1, -0.05) is 34.1 Å². The van der Waals surface area contributed by atoms with E-state index in [9.17, 15) is 0 Å². The molecule has 1 saturated heterocycles. The summed E-state index contributed by atoms with van der Waals surface area (Å²) in [6, 6.07) is 0. The Balaban J connectivity index is 2.95. The summed E-state index contributed by atoms with van der Waals surface area (Å²) < 4.78 is 0. The Kier molecular flexibility index (Phi) is 3.59. The van der Waals surface area contributed by atoms with Crippen LogP contribution in [0.4, 0.5) is 0 Å². The largest absolute Gasteiger partial charge is 0.315 e. The topological polar surface area (TPSA) is 29.3 Å². The van der Waals surface area contributed by atoms with Crippen molar-refractivity contribution < 1.29 is 0 Å². The number of nitrogens with zero attached hydrogens (tertiary/aromatic N) is 1. The second kappa shape index (κ2) is 4.35. The van der Waals surface area contributed by atoms with Crippen LogP contribution >= 0.6 is 0 Å². The van der Waals surface area contributed by atoms with E-state index in [1.54, 1.807) is 5.57 Å². The molecule has 1 rings (SSSR count). The van der Waals surface area contributed by atoms with Gasteiger partial charge in [0.1, 0.15) is 0 Å². The molecule has 2 heteroatoms. The normalized spacial score (nSPS) is 21.6. The van der Waals surface area contributed by atoms with Gasteiger partial charge in [0.15, 0.2) is 0 Å². The molecule has 0 aliphatic carbocycles. The average Bonchev–Trinajstić information content (AvgIpc) is 2.45. The predicted octanol–water partition coefficient (Wildman–Crippen LogP) is 3.06. The molecule has 2 nitrogen and oxygen atoms in total. The third kappa shape index (κ3) is 2.50. The molecule has 0 saturated carbocycles. The van der Waals surface area contributed by atoms with Gasteiger partial charge in [-0.3, -0.25) is 0 Å². The van der Waals surface area contributed by atoms with Crippen LogP contribution in [-0.4, -0.2) is 11.6 Å². The molecule has 0 aromatic rings. The highest BCUT2D eigenvalue weighted by atomic mass is 15.4. The number of hydrogen-bond acceptors (Lipinski definition) is 2. The second-order valence-corrected chi connectivity index (χ2v) is 5.22. The summed E-state index contributed by atoms with van der Waals surface area (Å²) in [7, 11) is 0. The van der Waals surface area contributed by atoms with Crippen LogP contribution in [0.3, 0.4) is 0 Å². The molecule has 0 amide bonds. The zero-order chi connectivity index (χ0) is 10.8. The van der Waals surface area contributed by atoms with Crippen molar-refractivity contribution in [1.82, 2.24) is 5.01 Å². The summed E-state index contributed by atoms with van der Waals surface area (Å²) in [5, 5.41) is 1.95. The van der Waals surface area contributed by atoms with Gasteiger partial charge in [-0.05, 0) is 30.3 Å². The van der Waals surface area contributed by atoms with Gasteiger partial charge in [0, 0.05) is 12.2 Å². The van der Waals surface area contributed by atoms with Crippen LogP contribution in [0.5, 0.6) is 0 Å². The van der Waals surface area contributed by atoms with E-state index in [0.717, 1.165) is 6.54 Å². The number of allylic oxidation sites excluding steroid dienone is 2. The third-order valence-electron chi connectivity index (χ3n) is 2.91. The summed E-state index contributed by atoms with van der Waals surface area (Å²) in [6.45, 7) is 10.1. The summed E-state index contributed by atoms with van der Waals surface area (Å²) in [5.74, 6) is 5.98. The molecule has 1 heterocycles. The van der Waals surface area contributed by atoms with Gasteiger partial charge in [-0.15, -0.1) is 0 Å². The first-order valence-corrected chi connectivity index (χ1v) is 5.71. The molecule has 2 N–H and O–H groups in total. The highest BCUT2D eigenvalue weighted by molar-refractivity contribution is 5.21. The monoisotopic (exact) mass is 196 g/mol. The lowest BCUT2D eigenvalue weighted by Gasteiger charge is -2.28. The fraction of sp³-hybridized carbons (Fsp3) is 0.833. The molecule has 82 valence electrons. The first-order chi connectivity index (χ1) is 6.46. The van der Waals surface area contributed by atoms with Crippen LogP contribution in [0.25, 0.3) is 0 Å². The van der Waals surface area contributed by atoms with E-state index >= 15 is 0 Å². The van der Waals surface area contributed by atoms with E-state index in [0.29, 0.717) is 0 Å². The first kappa shape index (κ1) is 11.6. The molecule has 0 aromatic carbocycles. The summed E-state index contributed by atoms with van der Waals surface area (Å²) >= 11 is 0. The Hall–Kier alpha value is -0.500. The van der Waals surface area contributed by atoms with E-state index in [1.165, 1.54) is 31.4 Å². The fourth-order valence-corrected chi connectivity index (χ4v) is 2.22. The summed E-state index contributed by atoms with van der Waals surface area (Å²) in [4.78, 5) is 0. The van der Waals surface area contributed by atoms with E-state index in [1.807, 2.05) is 5.01 Å². The quantitative estimate of drug-likeness (QED) is 0.688. The lowest BCUT2D eigenvalue weighted by molar-refractivity contribution is 0.380. The summed E-state index contributed by atoms with van der Waals surface area (Å²) in [6.07, 6.45) is 4.79. The van der Waals surface area contributed by atoms with Crippen LogP contribution in [0.2, 0.25) is 0 Å². The minimum Gasteiger partial charge on any atom is -0.315 e. The van der Waals surface area contributed by atoms with Crippen molar-refractivity contribution in [2.24, 2.45) is 11.3 Å². The smallest absolute Gasteiger partial charge is 0.0342 e. The van der Waals surface area contributed by atoms with Crippen molar-refractivity contribution in [1.29, 1.82) is 0 Å². The van der Waals surface area contributed by atoms with Crippen LogP contribution in [0.15, 0.2) is 11.3 Å². The molecule has 0 bridgehead atoms. The molecule has 14 heavy (non-hydrogen) atoms. The van der Waals surface area contributed by atoms with Crippen molar-refractivity contribution >= 4 is 0 Å². The maximum absolute atomic E-state index is 5.98. The number of rotatable bonds is 2. The SMILES string of the molecule is CCC/C(=C1/CCCN1N)C(C)(C)C. The van der Waals surface area contributed by atoms with Gasteiger partial charge in [0.25, 0.3) is 0 Å². The van der Waals surface area contributed by atoms with Crippen molar-refractivity contribution in [2.45, 2.75) is 53.4 Å². The summed E-state index contributed by atoms with van der Waals surface area (Å²) in [5.41, 5.74) is 3.23. The predicted molar refractivity (Wildman–Crippen MR) is 61.5 cm³/mol. The molecule has 0 atom stereocenters. The van der Waals surface area contributed by atoms with E-state index < -0.39 is 0 Å². The fourth-order valence-electron chi connectivity index (χ4n) is 2.22. The minimum absolute atomic E-state index is 0.271. The molecule has 1 aliphatic heterocycles. The highest BCUT2D eigenvalue weighted by Gasteiger charge is 2.25. The number of nitrogens with two attached hydrogens (primary N) is 1. The van der Waals surface area contributed by atoms with Crippen molar-refractivity contribution in [3.63, 3.8) is 0 Å². The van der Waals surface area contributed by atoms with Gasteiger partial charge >= 0.3 is 0 Å². The Bertz CT molecular complexity index is 223. The average molecular weight is 196 g/mol. The maximum Gasteiger partial charge on any atom is 0.0342 e. The van der Waals surface area contributed by atoms with E-state index in [-0.39, 0.29) is 5.41 Å². The van der Waals surface area contributed by atoms with Crippen molar-refractivity contribution in [3.8, 4) is 0 Å². The van der Waals surface area contributed by atoms with Gasteiger partial charge in [-0.2, -0.15) is 0 Å². The second-order valence-electron chi connectivity index (χ2n) is 5.22. The Labute approximate surface area is 88.1 Å². The molecular weight excluding hydrogens is 172 g/mol. The highest BCUT2D eigenvalue weighted by Crippen LogP contribution is 2.35. The Morgan fingerprint density at radius 3 is 2.43 bits per heavy atom. The standard InChI is InChI=1S/C12H24N2/c1-5-7-10(12(2,3)4)11-8-6-9-14(11)13/h5-9,13H2,1-4H3/b11-10+. The van der Waals surface area contributed by atoms with Crippen molar-refractivity contribution in [3.05, 3.63) is 11.3 Å². The van der Waals surface area contributed by atoms with Gasteiger partial charge in [-0.25, -0.2) is 5.84 Å². The third-order valence-corrected chi connectivity index (χ3v) is 2.91. The van der Waals surface area contributed by atoms with E-state index in [4.69, 9.17) is 5.84 Å². The molecule has 1 aliphatic rings. The maximum atomic E-state index is 5.98. The molecule has 0 radical (unpaired) electrons. The van der Waals surface area contributed by atoms with Gasteiger partial charge in [0.2, 0.25) is 0 Å². The number of hydrogen-bond donors (Lipinski definition) is 1. The van der Waals surface area contributed by atoms with Crippen LogP contribution < -0.4 is 5.84 Å². The van der Waals surface area contributed by atoms with Crippen LogP contribution in [0.1, 0.15) is 53.4 Å². The number of hydrazine groups is 1. The minimum atomic E-state index is 0.271. The Morgan fingerprint density at radius 1 is 1.43 bits per heavy atom. The lowest BCUT2D eigenvalue weighted by Crippen LogP contribution is -2.28. The molecule has 0 unspecified atom stereocenters.